The van der Waals surface area contributed by atoms with Crippen molar-refractivity contribution in [1.29, 1.82) is 0 Å². The van der Waals surface area contributed by atoms with E-state index in [1.54, 1.807) is 0 Å². The van der Waals surface area contributed by atoms with Gasteiger partial charge in [-0.2, -0.15) is 0 Å². The Morgan fingerprint density at radius 2 is 1.61 bits per heavy atom. The zero-order chi connectivity index (χ0) is 22.7. The maximum Gasteiger partial charge on any atom is 0.145 e. The molecule has 0 bridgehead atoms. The zero-order valence-corrected chi connectivity index (χ0v) is 19.2. The second-order valence-corrected chi connectivity index (χ2v) is 7.69. The van der Waals surface area contributed by atoms with E-state index in [0.717, 1.165) is 28.6 Å². The van der Waals surface area contributed by atoms with Gasteiger partial charge in [-0.05, 0) is 48.1 Å². The molecule has 0 aromatic heterocycles. The molecule has 2 aromatic carbocycles. The number of anilines is 1. The molecule has 174 valence electrons. The summed E-state index contributed by atoms with van der Waals surface area (Å²) >= 11 is 0. The average molecular weight is 449 g/mol. The van der Waals surface area contributed by atoms with E-state index in [9.17, 15) is 0 Å². The highest BCUT2D eigenvalue weighted by Crippen LogP contribution is 2.30. The molecule has 0 amide bonds. The Hall–Kier alpha value is -2.93. The van der Waals surface area contributed by atoms with Crippen molar-refractivity contribution in [3.63, 3.8) is 0 Å². The number of benzene rings is 2. The van der Waals surface area contributed by atoms with Crippen LogP contribution in [0.25, 0.3) is 12.2 Å². The standard InChI is InChI=1S/C27H32N2O4/c1-2-29-24(11-9-23-5-3-4-6-26(23)29)10-7-22-8-12-25-27(21-22)33-20-19-32-18-17-31-16-15-30-14-13-28-25/h3-12,21H,2,13-20H2,1H3. The summed E-state index contributed by atoms with van der Waals surface area (Å²) in [4.78, 5) is 6.98. The molecule has 0 unspecified atom stereocenters. The van der Waals surface area contributed by atoms with Crippen LogP contribution in [0.2, 0.25) is 0 Å². The fourth-order valence-electron chi connectivity index (χ4n) is 3.82. The first kappa shape index (κ1) is 23.2. The van der Waals surface area contributed by atoms with Gasteiger partial charge in [-0.25, -0.2) is 0 Å². The van der Waals surface area contributed by atoms with Crippen molar-refractivity contribution < 1.29 is 18.9 Å². The maximum atomic E-state index is 6.02. The van der Waals surface area contributed by atoms with Gasteiger partial charge in [-0.3, -0.25) is 4.99 Å². The highest BCUT2D eigenvalue weighted by atomic mass is 16.6. The Morgan fingerprint density at radius 3 is 2.42 bits per heavy atom. The summed E-state index contributed by atoms with van der Waals surface area (Å²) in [6.07, 6.45) is 8.60. The number of hydrogen-bond donors (Lipinski definition) is 0. The van der Waals surface area contributed by atoms with Gasteiger partial charge in [-0.15, -0.1) is 0 Å². The molecule has 0 fully saturated rings. The Bertz CT molecular complexity index is 1090. The molecule has 4 rings (SSSR count). The lowest BCUT2D eigenvalue weighted by atomic mass is 10.1. The lowest BCUT2D eigenvalue weighted by Crippen LogP contribution is -2.23. The predicted molar refractivity (Wildman–Crippen MR) is 131 cm³/mol. The number of rotatable bonds is 2. The van der Waals surface area contributed by atoms with Gasteiger partial charge in [0, 0.05) is 17.9 Å². The summed E-state index contributed by atoms with van der Waals surface area (Å²) in [5.41, 5.74) is 3.63. The van der Waals surface area contributed by atoms with Crippen molar-refractivity contribution in [2.24, 2.45) is 4.99 Å². The van der Waals surface area contributed by atoms with Crippen LogP contribution in [0.5, 0.6) is 5.75 Å². The van der Waals surface area contributed by atoms with Gasteiger partial charge < -0.3 is 23.8 Å². The zero-order valence-electron chi connectivity index (χ0n) is 19.2. The summed E-state index contributed by atoms with van der Waals surface area (Å²) < 4.78 is 22.6. The topological polar surface area (TPSA) is 52.5 Å². The second kappa shape index (κ2) is 12.3. The molecule has 2 aromatic rings. The minimum atomic E-state index is 0.465. The smallest absolute Gasteiger partial charge is 0.145 e. The van der Waals surface area contributed by atoms with Crippen LogP contribution in [-0.2, 0) is 14.2 Å². The quantitative estimate of drug-likeness (QED) is 0.707. The number of allylic oxidation sites excluding steroid dienone is 2. The summed E-state index contributed by atoms with van der Waals surface area (Å²) in [7, 11) is 0. The third-order valence-electron chi connectivity index (χ3n) is 5.47. The van der Waals surface area contributed by atoms with Crippen LogP contribution in [0.1, 0.15) is 12.5 Å². The lowest BCUT2D eigenvalue weighted by Gasteiger charge is -2.29. The predicted octanol–water partition coefficient (Wildman–Crippen LogP) is 2.97. The maximum absolute atomic E-state index is 6.02. The lowest BCUT2D eigenvalue weighted by molar-refractivity contribution is 0.0110. The Morgan fingerprint density at radius 1 is 0.848 bits per heavy atom. The van der Waals surface area contributed by atoms with Crippen molar-refractivity contribution in [3.8, 4) is 5.75 Å². The number of nitrogens with zero attached hydrogens (tertiary/aromatic N) is 2. The minimum Gasteiger partial charge on any atom is -0.489 e. The monoisotopic (exact) mass is 448 g/mol. The first-order valence-electron chi connectivity index (χ1n) is 11.6. The van der Waals surface area contributed by atoms with Crippen molar-refractivity contribution in [2.45, 2.75) is 6.92 Å². The number of para-hydroxylation sites is 1. The van der Waals surface area contributed by atoms with E-state index in [4.69, 9.17) is 18.9 Å². The summed E-state index contributed by atoms with van der Waals surface area (Å²) in [6, 6.07) is 14.6. The van der Waals surface area contributed by atoms with Gasteiger partial charge in [0.15, 0.2) is 0 Å². The summed E-state index contributed by atoms with van der Waals surface area (Å²) in [5, 5.41) is 1.89. The Kier molecular flexibility index (Phi) is 8.69. The largest absolute Gasteiger partial charge is 0.489 e. The van der Waals surface area contributed by atoms with Crippen molar-refractivity contribution in [2.75, 3.05) is 64.2 Å². The van der Waals surface area contributed by atoms with Gasteiger partial charge in [0.05, 0.1) is 51.5 Å². The van der Waals surface area contributed by atoms with Crippen molar-refractivity contribution >= 4 is 17.8 Å². The summed E-state index contributed by atoms with van der Waals surface area (Å²) in [6.45, 7) is 7.43. The van der Waals surface area contributed by atoms with E-state index >= 15 is 0 Å². The molecule has 0 atom stereocenters. The molecule has 0 aliphatic carbocycles. The van der Waals surface area contributed by atoms with Crippen molar-refractivity contribution in [3.05, 3.63) is 76.5 Å². The molecule has 6 nitrogen and oxygen atoms in total. The Labute approximate surface area is 195 Å². The van der Waals surface area contributed by atoms with Gasteiger partial charge >= 0.3 is 0 Å². The SMILES string of the molecule is CCN1C(=CC=c2ccc3c(c2)OCCOCCOCCOCCN=3)C=Cc2ccccc21. The van der Waals surface area contributed by atoms with Gasteiger partial charge in [0.1, 0.15) is 12.4 Å². The molecular formula is C27H32N2O4. The van der Waals surface area contributed by atoms with Crippen LogP contribution < -0.4 is 20.2 Å². The average Bonchev–Trinajstić information content (AvgIpc) is 2.86. The van der Waals surface area contributed by atoms with Crippen LogP contribution >= 0.6 is 0 Å². The highest BCUT2D eigenvalue weighted by Gasteiger charge is 2.14. The molecule has 0 saturated carbocycles. The van der Waals surface area contributed by atoms with E-state index in [1.165, 1.54) is 11.3 Å². The highest BCUT2D eigenvalue weighted by molar-refractivity contribution is 5.77. The number of likely N-dealkylation sites (N-methyl/N-ethyl adjacent to an activating group) is 1. The second-order valence-electron chi connectivity index (χ2n) is 7.69. The van der Waals surface area contributed by atoms with Crippen LogP contribution in [0.3, 0.4) is 0 Å². The van der Waals surface area contributed by atoms with Crippen LogP contribution in [0, 0.1) is 0 Å². The van der Waals surface area contributed by atoms with E-state index in [0.29, 0.717) is 52.8 Å². The normalized spacial score (nSPS) is 19.6. The van der Waals surface area contributed by atoms with Gasteiger partial charge in [-0.1, -0.05) is 36.4 Å². The molecule has 0 radical (unpaired) electrons. The van der Waals surface area contributed by atoms with Crippen molar-refractivity contribution in [1.82, 2.24) is 0 Å². The van der Waals surface area contributed by atoms with E-state index in [-0.39, 0.29) is 0 Å². The fraction of sp³-hybridized carbons (Fsp3) is 0.370. The Balaban J connectivity index is 1.57. The molecule has 2 aliphatic rings. The number of hydrogen-bond acceptors (Lipinski definition) is 6. The molecule has 6 heteroatoms. The number of fused-ring (bicyclic) bond motifs is 2. The molecule has 0 N–H and O–H groups in total. The third kappa shape index (κ3) is 6.54. The molecule has 2 heterocycles. The van der Waals surface area contributed by atoms with E-state index in [1.807, 2.05) is 12.1 Å². The van der Waals surface area contributed by atoms with Crippen LogP contribution in [-0.4, -0.2) is 59.3 Å². The first-order chi connectivity index (χ1) is 16.3. The summed E-state index contributed by atoms with van der Waals surface area (Å²) in [5.74, 6) is 0.758. The van der Waals surface area contributed by atoms with Gasteiger partial charge in [0.2, 0.25) is 0 Å². The van der Waals surface area contributed by atoms with E-state index < -0.39 is 0 Å². The molecule has 2 aliphatic heterocycles. The number of ether oxygens (including phenoxy) is 4. The van der Waals surface area contributed by atoms with Crippen LogP contribution in [0.4, 0.5) is 5.69 Å². The van der Waals surface area contributed by atoms with Crippen LogP contribution in [0.15, 0.2) is 65.3 Å². The first-order valence-corrected chi connectivity index (χ1v) is 11.6. The van der Waals surface area contributed by atoms with Gasteiger partial charge in [0.25, 0.3) is 0 Å². The molecular weight excluding hydrogens is 416 g/mol. The third-order valence-corrected chi connectivity index (χ3v) is 5.47. The molecule has 33 heavy (non-hydrogen) atoms. The minimum absolute atomic E-state index is 0.465. The molecule has 0 spiro atoms. The fourth-order valence-corrected chi connectivity index (χ4v) is 3.82. The molecule has 0 saturated heterocycles. The van der Waals surface area contributed by atoms with E-state index in [2.05, 4.69) is 71.5 Å².